The Kier molecular flexibility index (Phi) is 3.98. The van der Waals surface area contributed by atoms with E-state index in [4.69, 9.17) is 4.74 Å². The van der Waals surface area contributed by atoms with Gasteiger partial charge >= 0.3 is 0 Å². The van der Waals surface area contributed by atoms with Gasteiger partial charge in [-0.15, -0.1) is 0 Å². The lowest BCUT2D eigenvalue weighted by molar-refractivity contribution is 0.411. The third-order valence-electron chi connectivity index (χ3n) is 3.81. The van der Waals surface area contributed by atoms with Gasteiger partial charge in [0.05, 0.1) is 7.11 Å². The summed E-state index contributed by atoms with van der Waals surface area (Å²) in [5.41, 5.74) is 2.77. The topological polar surface area (TPSA) is 49.9 Å². The van der Waals surface area contributed by atoms with Crippen molar-refractivity contribution in [3.63, 3.8) is 0 Å². The first-order chi connectivity index (χ1) is 9.81. The molecule has 2 atom stereocenters. The van der Waals surface area contributed by atoms with Gasteiger partial charge in [0.15, 0.2) is 5.16 Å². The zero-order valence-electron chi connectivity index (χ0n) is 11.7. The van der Waals surface area contributed by atoms with Crippen molar-refractivity contribution in [3.8, 4) is 5.75 Å². The van der Waals surface area contributed by atoms with Crippen LogP contribution in [-0.4, -0.2) is 29.4 Å². The third kappa shape index (κ3) is 2.55. The Morgan fingerprint density at radius 2 is 2.35 bits per heavy atom. The Morgan fingerprint density at radius 3 is 3.05 bits per heavy atom. The SMILES string of the molecule is CNC1c2cc(OC)ccc2CCC1Sc1ncc[nH]1. The van der Waals surface area contributed by atoms with Gasteiger partial charge in [-0.1, -0.05) is 17.8 Å². The first kappa shape index (κ1) is 13.5. The number of methoxy groups -OCH3 is 1. The molecular formula is C15H19N3OS. The lowest BCUT2D eigenvalue weighted by Crippen LogP contribution is -2.32. The highest BCUT2D eigenvalue weighted by molar-refractivity contribution is 7.99. The van der Waals surface area contributed by atoms with Crippen LogP contribution in [0.3, 0.4) is 0 Å². The van der Waals surface area contributed by atoms with Crippen molar-refractivity contribution in [3.05, 3.63) is 41.7 Å². The van der Waals surface area contributed by atoms with E-state index in [2.05, 4.69) is 27.4 Å². The number of aromatic nitrogens is 2. The van der Waals surface area contributed by atoms with E-state index in [1.807, 2.05) is 31.1 Å². The molecule has 0 saturated carbocycles. The van der Waals surface area contributed by atoms with Crippen LogP contribution in [0.2, 0.25) is 0 Å². The summed E-state index contributed by atoms with van der Waals surface area (Å²) >= 11 is 1.81. The van der Waals surface area contributed by atoms with Gasteiger partial charge in [0.2, 0.25) is 0 Å². The number of aryl methyl sites for hydroxylation is 1. The van der Waals surface area contributed by atoms with Crippen molar-refractivity contribution < 1.29 is 4.74 Å². The second kappa shape index (κ2) is 5.89. The van der Waals surface area contributed by atoms with Crippen molar-refractivity contribution in [1.29, 1.82) is 0 Å². The van der Waals surface area contributed by atoms with Crippen LogP contribution in [0.4, 0.5) is 0 Å². The van der Waals surface area contributed by atoms with Crippen LogP contribution >= 0.6 is 11.8 Å². The molecule has 2 N–H and O–H groups in total. The van der Waals surface area contributed by atoms with Gasteiger partial charge in [-0.25, -0.2) is 4.98 Å². The van der Waals surface area contributed by atoms with E-state index >= 15 is 0 Å². The number of H-pyrrole nitrogens is 1. The monoisotopic (exact) mass is 289 g/mol. The zero-order valence-corrected chi connectivity index (χ0v) is 12.5. The summed E-state index contributed by atoms with van der Waals surface area (Å²) in [4.78, 5) is 7.50. The summed E-state index contributed by atoms with van der Waals surface area (Å²) in [6.07, 6.45) is 5.93. The van der Waals surface area contributed by atoms with E-state index in [1.54, 1.807) is 13.3 Å². The molecule has 4 nitrogen and oxygen atoms in total. The quantitative estimate of drug-likeness (QED) is 0.908. The number of imidazole rings is 1. The predicted octanol–water partition coefficient (Wildman–Crippen LogP) is 2.79. The minimum Gasteiger partial charge on any atom is -0.497 e. The van der Waals surface area contributed by atoms with Gasteiger partial charge < -0.3 is 15.0 Å². The van der Waals surface area contributed by atoms with Crippen LogP contribution in [0.5, 0.6) is 5.75 Å². The molecule has 0 fully saturated rings. The molecule has 0 saturated heterocycles. The number of rotatable bonds is 4. The van der Waals surface area contributed by atoms with Crippen LogP contribution in [0, 0.1) is 0 Å². The van der Waals surface area contributed by atoms with Gasteiger partial charge in [-0.05, 0) is 43.1 Å². The molecule has 5 heteroatoms. The van der Waals surface area contributed by atoms with Crippen molar-refractivity contribution in [2.75, 3.05) is 14.2 Å². The Balaban J connectivity index is 1.88. The Labute approximate surface area is 123 Å². The molecule has 2 aromatic rings. The number of benzene rings is 1. The molecule has 1 aromatic carbocycles. The van der Waals surface area contributed by atoms with E-state index in [0.717, 1.165) is 23.7 Å². The predicted molar refractivity (Wildman–Crippen MR) is 81.3 cm³/mol. The second-order valence-corrected chi connectivity index (χ2v) is 6.15. The zero-order chi connectivity index (χ0) is 13.9. The molecule has 20 heavy (non-hydrogen) atoms. The molecule has 1 heterocycles. The lowest BCUT2D eigenvalue weighted by Gasteiger charge is -2.32. The Bertz CT molecular complexity index is 571. The van der Waals surface area contributed by atoms with Gasteiger partial charge in [0, 0.05) is 23.7 Å². The second-order valence-electron chi connectivity index (χ2n) is 4.92. The normalized spacial score (nSPS) is 21.5. The molecular weight excluding hydrogens is 270 g/mol. The number of hydrogen-bond acceptors (Lipinski definition) is 4. The summed E-state index contributed by atoms with van der Waals surface area (Å²) in [5, 5.41) is 4.92. The average molecular weight is 289 g/mol. The first-order valence-corrected chi connectivity index (χ1v) is 7.70. The maximum absolute atomic E-state index is 5.36. The maximum Gasteiger partial charge on any atom is 0.165 e. The first-order valence-electron chi connectivity index (χ1n) is 6.82. The number of aromatic amines is 1. The molecule has 1 aromatic heterocycles. The highest BCUT2D eigenvalue weighted by Crippen LogP contribution is 2.40. The van der Waals surface area contributed by atoms with Crippen molar-refractivity contribution in [2.45, 2.75) is 29.3 Å². The molecule has 106 valence electrons. The Morgan fingerprint density at radius 1 is 1.45 bits per heavy atom. The van der Waals surface area contributed by atoms with Gasteiger partial charge in [-0.2, -0.15) is 0 Å². The van der Waals surface area contributed by atoms with E-state index < -0.39 is 0 Å². The fourth-order valence-electron chi connectivity index (χ4n) is 2.81. The van der Waals surface area contributed by atoms with E-state index in [1.165, 1.54) is 11.1 Å². The van der Waals surface area contributed by atoms with Crippen molar-refractivity contribution in [2.24, 2.45) is 0 Å². The van der Waals surface area contributed by atoms with E-state index in [-0.39, 0.29) is 0 Å². The molecule has 0 spiro atoms. The standard InChI is InChI=1S/C15H19N3OS/c1-16-14-12-9-11(19-2)5-3-10(12)4-6-13(14)20-15-17-7-8-18-15/h3,5,7-9,13-14,16H,4,6H2,1-2H3,(H,17,18). The van der Waals surface area contributed by atoms with Gasteiger partial charge in [-0.3, -0.25) is 0 Å². The summed E-state index contributed by atoms with van der Waals surface area (Å²) in [6.45, 7) is 0. The number of hydrogen-bond donors (Lipinski definition) is 2. The van der Waals surface area contributed by atoms with Crippen LogP contribution in [-0.2, 0) is 6.42 Å². The smallest absolute Gasteiger partial charge is 0.165 e. The molecule has 0 aliphatic heterocycles. The molecule has 3 rings (SSSR count). The van der Waals surface area contributed by atoms with Crippen molar-refractivity contribution in [1.82, 2.24) is 15.3 Å². The highest BCUT2D eigenvalue weighted by atomic mass is 32.2. The molecule has 0 radical (unpaired) electrons. The van der Waals surface area contributed by atoms with Crippen LogP contribution in [0.15, 0.2) is 35.7 Å². The molecule has 2 unspecified atom stereocenters. The Hall–Kier alpha value is -1.46. The van der Waals surface area contributed by atoms with E-state index in [0.29, 0.717) is 11.3 Å². The number of ether oxygens (including phenoxy) is 1. The number of thioether (sulfide) groups is 1. The fourth-order valence-corrected chi connectivity index (χ4v) is 4.01. The molecule has 0 bridgehead atoms. The third-order valence-corrected chi connectivity index (χ3v) is 5.06. The van der Waals surface area contributed by atoms with Gasteiger partial charge in [0.25, 0.3) is 0 Å². The summed E-state index contributed by atoms with van der Waals surface area (Å²) < 4.78 is 5.36. The maximum atomic E-state index is 5.36. The molecule has 0 amide bonds. The summed E-state index contributed by atoms with van der Waals surface area (Å²) in [5.74, 6) is 0.924. The fraction of sp³-hybridized carbons (Fsp3) is 0.400. The highest BCUT2D eigenvalue weighted by Gasteiger charge is 2.30. The number of fused-ring (bicyclic) bond motifs is 1. The molecule has 1 aliphatic carbocycles. The van der Waals surface area contributed by atoms with Crippen molar-refractivity contribution >= 4 is 11.8 Å². The summed E-state index contributed by atoms with van der Waals surface area (Å²) in [7, 11) is 3.74. The number of nitrogens with one attached hydrogen (secondary N) is 2. The van der Waals surface area contributed by atoms with Crippen LogP contribution < -0.4 is 10.1 Å². The van der Waals surface area contributed by atoms with E-state index in [9.17, 15) is 0 Å². The minimum atomic E-state index is 0.323. The molecule has 1 aliphatic rings. The van der Waals surface area contributed by atoms with Gasteiger partial charge in [0.1, 0.15) is 5.75 Å². The number of nitrogens with zero attached hydrogens (tertiary/aromatic N) is 1. The minimum absolute atomic E-state index is 0.323. The summed E-state index contributed by atoms with van der Waals surface area (Å²) in [6, 6.07) is 6.72. The van der Waals surface area contributed by atoms with Crippen LogP contribution in [0.1, 0.15) is 23.6 Å². The largest absolute Gasteiger partial charge is 0.497 e. The average Bonchev–Trinajstić information content (AvgIpc) is 2.99. The van der Waals surface area contributed by atoms with Crippen LogP contribution in [0.25, 0.3) is 0 Å². The lowest BCUT2D eigenvalue weighted by atomic mass is 9.87.